The first-order chi connectivity index (χ1) is 12.1. The van der Waals surface area contributed by atoms with Crippen molar-refractivity contribution < 1.29 is 34.1 Å². The van der Waals surface area contributed by atoms with Gasteiger partial charge in [-0.2, -0.15) is 0 Å². The predicted molar refractivity (Wildman–Crippen MR) is 87.2 cm³/mol. The summed E-state index contributed by atoms with van der Waals surface area (Å²) in [5.41, 5.74) is -1.01. The van der Waals surface area contributed by atoms with Gasteiger partial charge in [0.2, 0.25) is 5.60 Å². The van der Waals surface area contributed by atoms with E-state index in [0.29, 0.717) is 16.2 Å². The number of ether oxygens (including phenoxy) is 1. The first kappa shape index (κ1) is 17.5. The van der Waals surface area contributed by atoms with Crippen molar-refractivity contribution in [3.05, 3.63) is 23.8 Å². The number of hydrogen-bond acceptors (Lipinski definition) is 5. The summed E-state index contributed by atoms with van der Waals surface area (Å²) in [7, 11) is 3.18. The van der Waals surface area contributed by atoms with Crippen LogP contribution < -0.4 is 10.1 Å². The molecule has 2 aliphatic rings. The minimum Gasteiger partial charge on any atom is -0.480 e. The van der Waals surface area contributed by atoms with E-state index in [0.717, 1.165) is 0 Å². The van der Waals surface area contributed by atoms with E-state index in [-0.39, 0.29) is 18.1 Å². The highest BCUT2D eigenvalue weighted by Crippen LogP contribution is 2.40. The summed E-state index contributed by atoms with van der Waals surface area (Å²) in [5.74, 6) is -2.06. The van der Waals surface area contributed by atoms with Crippen LogP contribution in [0.4, 0.5) is 10.5 Å². The van der Waals surface area contributed by atoms with E-state index >= 15 is 0 Å². The molecule has 0 aromatic heterocycles. The topological polar surface area (TPSA) is 136 Å². The van der Waals surface area contributed by atoms with E-state index in [1.807, 2.05) is 0 Å². The summed E-state index contributed by atoms with van der Waals surface area (Å²) < 4.78 is 5.77. The Bertz CT molecular complexity index is 798. The maximum atomic E-state index is 12.5. The molecule has 26 heavy (non-hydrogen) atoms. The lowest BCUT2D eigenvalue weighted by molar-refractivity contribution is -0.141. The first-order valence-corrected chi connectivity index (χ1v) is 7.73. The number of nitrogens with one attached hydrogen (secondary N) is 1. The van der Waals surface area contributed by atoms with Gasteiger partial charge in [0.05, 0.1) is 12.2 Å². The van der Waals surface area contributed by atoms with Crippen molar-refractivity contribution in [1.29, 1.82) is 0 Å². The van der Waals surface area contributed by atoms with Crippen LogP contribution in [0.1, 0.15) is 16.8 Å². The highest BCUT2D eigenvalue weighted by molar-refractivity contribution is 6.03. The summed E-state index contributed by atoms with van der Waals surface area (Å²) in [4.78, 5) is 49.4. The molecular formula is C16H17N3O7. The fourth-order valence-electron chi connectivity index (χ4n) is 3.13. The maximum Gasteiger partial charge on any atom is 0.408 e. The third kappa shape index (κ3) is 2.68. The number of aliphatic carboxylic acids is 1. The number of amides is 3. The number of rotatable bonds is 2. The van der Waals surface area contributed by atoms with Crippen molar-refractivity contribution in [2.75, 3.05) is 26.0 Å². The van der Waals surface area contributed by atoms with Gasteiger partial charge in [0.1, 0.15) is 11.8 Å². The minimum absolute atomic E-state index is 0.189. The number of fused-ring (bicyclic) bond motifs is 1. The summed E-state index contributed by atoms with van der Waals surface area (Å²) in [6.07, 6.45) is -1.78. The summed E-state index contributed by atoms with van der Waals surface area (Å²) in [5, 5.41) is 21.1. The van der Waals surface area contributed by atoms with E-state index in [1.54, 1.807) is 14.1 Å². The van der Waals surface area contributed by atoms with Crippen LogP contribution in [-0.4, -0.2) is 76.2 Å². The number of carbonyl (C=O) groups excluding carboxylic acids is 2. The Morgan fingerprint density at radius 1 is 1.31 bits per heavy atom. The largest absolute Gasteiger partial charge is 0.480 e. The molecular weight excluding hydrogens is 346 g/mol. The molecule has 0 aliphatic carbocycles. The predicted octanol–water partition coefficient (Wildman–Crippen LogP) is 0.295. The van der Waals surface area contributed by atoms with Crippen LogP contribution in [0.3, 0.4) is 0 Å². The normalized spacial score (nSPS) is 23.8. The number of hydrogen-bond donors (Lipinski definition) is 3. The van der Waals surface area contributed by atoms with E-state index < -0.39 is 36.2 Å². The van der Waals surface area contributed by atoms with Gasteiger partial charge in [-0.3, -0.25) is 14.5 Å². The number of likely N-dealkylation sites (tertiary alicyclic amines) is 1. The van der Waals surface area contributed by atoms with E-state index in [4.69, 9.17) is 4.74 Å². The second-order valence-electron chi connectivity index (χ2n) is 6.43. The standard InChI is InChI=1S/C16H17N3O7/c1-18(2)12(20)8-3-4-9-11(5-8)26-16(14(23)17-9)6-10(13(21)22)19(7-16)15(24)25/h3-5,10H,6-7H2,1-2H3,(H,17,23)(H,21,22)(H,24,25)/t10-,16+/m0/s1. The summed E-state index contributed by atoms with van der Waals surface area (Å²) >= 11 is 0. The maximum absolute atomic E-state index is 12.5. The number of carboxylic acids is 1. The van der Waals surface area contributed by atoms with Crippen molar-refractivity contribution in [2.24, 2.45) is 0 Å². The highest BCUT2D eigenvalue weighted by atomic mass is 16.5. The molecule has 1 fully saturated rings. The smallest absolute Gasteiger partial charge is 0.408 e. The van der Waals surface area contributed by atoms with E-state index in [1.165, 1.54) is 23.1 Å². The van der Waals surface area contributed by atoms with Gasteiger partial charge >= 0.3 is 12.1 Å². The number of nitrogens with zero attached hydrogens (tertiary/aromatic N) is 2. The van der Waals surface area contributed by atoms with Gasteiger partial charge in [-0.15, -0.1) is 0 Å². The van der Waals surface area contributed by atoms with Crippen molar-refractivity contribution in [1.82, 2.24) is 9.80 Å². The van der Waals surface area contributed by atoms with Gasteiger partial charge in [0.25, 0.3) is 11.8 Å². The number of carbonyl (C=O) groups is 4. The quantitative estimate of drug-likeness (QED) is 0.687. The Morgan fingerprint density at radius 2 is 2.00 bits per heavy atom. The molecule has 1 aromatic carbocycles. The zero-order valence-electron chi connectivity index (χ0n) is 14.1. The van der Waals surface area contributed by atoms with Crippen molar-refractivity contribution in [3.63, 3.8) is 0 Å². The van der Waals surface area contributed by atoms with Crippen LogP contribution in [0.25, 0.3) is 0 Å². The lowest BCUT2D eigenvalue weighted by Crippen LogP contribution is -2.53. The van der Waals surface area contributed by atoms with Gasteiger partial charge in [0, 0.05) is 26.1 Å². The van der Waals surface area contributed by atoms with E-state index in [9.17, 15) is 29.4 Å². The molecule has 1 saturated heterocycles. The van der Waals surface area contributed by atoms with Gasteiger partial charge < -0.3 is 25.2 Å². The lowest BCUT2D eigenvalue weighted by Gasteiger charge is -2.34. The van der Waals surface area contributed by atoms with Gasteiger partial charge in [-0.1, -0.05) is 0 Å². The van der Waals surface area contributed by atoms with Gasteiger partial charge in [0.15, 0.2) is 0 Å². The van der Waals surface area contributed by atoms with Crippen molar-refractivity contribution >= 4 is 29.6 Å². The fourth-order valence-corrected chi connectivity index (χ4v) is 3.13. The monoisotopic (exact) mass is 363 g/mol. The van der Waals surface area contributed by atoms with Crippen molar-refractivity contribution in [3.8, 4) is 5.75 Å². The van der Waals surface area contributed by atoms with Crippen LogP contribution in [0.15, 0.2) is 18.2 Å². The first-order valence-electron chi connectivity index (χ1n) is 7.73. The third-order valence-corrected chi connectivity index (χ3v) is 4.46. The molecule has 0 bridgehead atoms. The second kappa shape index (κ2) is 5.90. The molecule has 0 radical (unpaired) electrons. The minimum atomic E-state index is -1.66. The molecule has 10 nitrogen and oxygen atoms in total. The molecule has 2 heterocycles. The molecule has 3 N–H and O–H groups in total. The van der Waals surface area contributed by atoms with Gasteiger partial charge in [-0.25, -0.2) is 9.59 Å². The number of anilines is 1. The zero-order chi connectivity index (χ0) is 19.2. The van der Waals surface area contributed by atoms with Crippen LogP contribution in [0.2, 0.25) is 0 Å². The van der Waals surface area contributed by atoms with Crippen LogP contribution in [-0.2, 0) is 9.59 Å². The Balaban J connectivity index is 1.97. The number of benzene rings is 1. The zero-order valence-corrected chi connectivity index (χ0v) is 14.1. The Hall–Kier alpha value is -3.30. The molecule has 138 valence electrons. The molecule has 10 heteroatoms. The molecule has 3 rings (SSSR count). The summed E-state index contributed by atoms with van der Waals surface area (Å²) in [6.45, 7) is -0.420. The molecule has 3 amide bonds. The summed E-state index contributed by atoms with van der Waals surface area (Å²) in [6, 6.07) is 3.08. The second-order valence-corrected chi connectivity index (χ2v) is 6.43. The van der Waals surface area contributed by atoms with Crippen molar-refractivity contribution in [2.45, 2.75) is 18.1 Å². The van der Waals surface area contributed by atoms with Crippen LogP contribution in [0, 0.1) is 0 Å². The molecule has 1 spiro atoms. The lowest BCUT2D eigenvalue weighted by atomic mass is 9.96. The Morgan fingerprint density at radius 3 is 2.54 bits per heavy atom. The van der Waals surface area contributed by atoms with Gasteiger partial charge in [-0.05, 0) is 18.2 Å². The van der Waals surface area contributed by atoms with Crippen LogP contribution in [0.5, 0.6) is 5.75 Å². The third-order valence-electron chi connectivity index (χ3n) is 4.46. The average molecular weight is 363 g/mol. The molecule has 2 atom stereocenters. The molecule has 2 aliphatic heterocycles. The highest BCUT2D eigenvalue weighted by Gasteiger charge is 2.57. The fraction of sp³-hybridized carbons (Fsp3) is 0.375. The Kier molecular flexibility index (Phi) is 3.98. The average Bonchev–Trinajstić information content (AvgIpc) is 2.96. The Labute approximate surface area is 147 Å². The molecule has 0 saturated carbocycles. The SMILES string of the molecule is CN(C)C(=O)c1ccc2c(c1)O[C@@]1(C[C@@H](C(=O)O)N(C(=O)O)C1)C(=O)N2. The molecule has 0 unspecified atom stereocenters. The number of carboxylic acid groups (broad SMARTS) is 2. The van der Waals surface area contributed by atoms with Crippen LogP contribution >= 0.6 is 0 Å². The molecule has 1 aromatic rings. The van der Waals surface area contributed by atoms with E-state index in [2.05, 4.69) is 5.32 Å².